The van der Waals surface area contributed by atoms with Gasteiger partial charge in [-0.15, -0.1) is 0 Å². The van der Waals surface area contributed by atoms with Crippen molar-refractivity contribution in [1.82, 2.24) is 9.13 Å². The maximum Gasteiger partial charge on any atom is 0.261 e. The number of rotatable bonds is 4. The van der Waals surface area contributed by atoms with Gasteiger partial charge in [-0.3, -0.25) is 9.59 Å². The Balaban J connectivity index is 1.59. The van der Waals surface area contributed by atoms with Crippen LogP contribution >= 0.6 is 0 Å². The van der Waals surface area contributed by atoms with Gasteiger partial charge in [0.05, 0.1) is 5.52 Å². The van der Waals surface area contributed by atoms with E-state index < -0.39 is 5.91 Å². The normalized spacial score (nSPS) is 11.4. The number of carbonyl (C=O) groups is 1. The topological polar surface area (TPSA) is 56.0 Å². The lowest BCUT2D eigenvalue weighted by Crippen LogP contribution is -2.23. The van der Waals surface area contributed by atoms with Gasteiger partial charge in [-0.1, -0.05) is 30.3 Å². The number of para-hydroxylation sites is 2. The molecule has 0 atom stereocenters. The fraction of sp³-hybridized carbons (Fsp3) is 0.154. The number of benzene rings is 3. The molecular weight excluding hydrogens is 386 g/mol. The molecule has 2 aromatic heterocycles. The SMILES string of the molecule is CCn1cc(C(=O)Nc2ccc3c(c2)c2ccccc2n3CC)c(=O)c2ccccc21. The summed E-state index contributed by atoms with van der Waals surface area (Å²) in [5.74, 6) is -0.392. The van der Waals surface area contributed by atoms with E-state index >= 15 is 0 Å². The summed E-state index contributed by atoms with van der Waals surface area (Å²) in [7, 11) is 0. The second-order valence-corrected chi connectivity index (χ2v) is 7.62. The lowest BCUT2D eigenvalue weighted by molar-refractivity contribution is 0.102. The number of aromatic nitrogens is 2. The fourth-order valence-electron chi connectivity index (χ4n) is 4.44. The van der Waals surface area contributed by atoms with Crippen LogP contribution in [0.4, 0.5) is 5.69 Å². The first kappa shape index (κ1) is 19.1. The number of anilines is 1. The van der Waals surface area contributed by atoms with Crippen LogP contribution in [0, 0.1) is 0 Å². The van der Waals surface area contributed by atoms with Gasteiger partial charge < -0.3 is 14.5 Å². The largest absolute Gasteiger partial charge is 0.347 e. The van der Waals surface area contributed by atoms with Gasteiger partial charge in [-0.2, -0.15) is 0 Å². The molecule has 154 valence electrons. The van der Waals surface area contributed by atoms with Gasteiger partial charge in [0.25, 0.3) is 5.91 Å². The third kappa shape index (κ3) is 3.01. The van der Waals surface area contributed by atoms with E-state index in [2.05, 4.69) is 28.9 Å². The number of nitrogens with one attached hydrogen (secondary N) is 1. The van der Waals surface area contributed by atoms with Crippen molar-refractivity contribution < 1.29 is 4.79 Å². The zero-order valence-corrected chi connectivity index (χ0v) is 17.6. The van der Waals surface area contributed by atoms with Crippen molar-refractivity contribution in [3.8, 4) is 0 Å². The molecule has 0 bridgehead atoms. The maximum atomic E-state index is 13.1. The summed E-state index contributed by atoms with van der Waals surface area (Å²) in [5.41, 5.74) is 3.70. The van der Waals surface area contributed by atoms with Crippen LogP contribution in [0.2, 0.25) is 0 Å². The van der Waals surface area contributed by atoms with Crippen molar-refractivity contribution in [1.29, 1.82) is 0 Å². The standard InChI is InChI=1S/C26H23N3O2/c1-3-28-16-21(25(30)19-10-6-7-11-22(19)28)26(31)27-17-13-14-24-20(15-17)18-9-5-8-12-23(18)29(24)4-2/h5-16H,3-4H2,1-2H3,(H,27,31). The molecular formula is C26H23N3O2. The number of aryl methyl sites for hydroxylation is 2. The Bertz CT molecular complexity index is 1530. The molecule has 0 aliphatic heterocycles. The van der Waals surface area contributed by atoms with Gasteiger partial charge >= 0.3 is 0 Å². The van der Waals surface area contributed by atoms with Crippen molar-refractivity contribution in [3.05, 3.63) is 88.7 Å². The van der Waals surface area contributed by atoms with Crippen LogP contribution in [0.5, 0.6) is 0 Å². The second-order valence-electron chi connectivity index (χ2n) is 7.62. The average molecular weight is 409 g/mol. The van der Waals surface area contributed by atoms with Crippen molar-refractivity contribution in [2.24, 2.45) is 0 Å². The predicted octanol–water partition coefficient (Wildman–Crippen LogP) is 5.40. The summed E-state index contributed by atoms with van der Waals surface area (Å²) in [6.45, 7) is 5.66. The van der Waals surface area contributed by atoms with Crippen molar-refractivity contribution in [3.63, 3.8) is 0 Å². The van der Waals surface area contributed by atoms with E-state index in [4.69, 9.17) is 0 Å². The molecule has 5 aromatic rings. The Kier molecular flexibility index (Phi) is 4.59. The number of fused-ring (bicyclic) bond motifs is 4. The van der Waals surface area contributed by atoms with Crippen molar-refractivity contribution in [2.75, 3.05) is 5.32 Å². The predicted molar refractivity (Wildman–Crippen MR) is 127 cm³/mol. The third-order valence-corrected chi connectivity index (χ3v) is 5.92. The molecule has 5 nitrogen and oxygen atoms in total. The quantitative estimate of drug-likeness (QED) is 0.432. The molecule has 0 fully saturated rings. The molecule has 2 heterocycles. The molecule has 0 saturated carbocycles. The summed E-state index contributed by atoms with van der Waals surface area (Å²) in [5, 5.41) is 5.72. The first-order valence-electron chi connectivity index (χ1n) is 10.6. The van der Waals surface area contributed by atoms with Crippen LogP contribution in [0.15, 0.2) is 77.7 Å². The molecule has 5 heteroatoms. The lowest BCUT2D eigenvalue weighted by atomic mass is 10.1. The average Bonchev–Trinajstić information content (AvgIpc) is 3.12. The first-order chi connectivity index (χ1) is 15.1. The molecule has 1 N–H and O–H groups in total. The van der Waals surface area contributed by atoms with Crippen molar-refractivity contribution >= 4 is 44.3 Å². The van der Waals surface area contributed by atoms with Crippen LogP contribution in [0.25, 0.3) is 32.7 Å². The van der Waals surface area contributed by atoms with Crippen LogP contribution < -0.4 is 10.7 Å². The third-order valence-electron chi connectivity index (χ3n) is 5.92. The molecule has 0 aliphatic rings. The Morgan fingerprint density at radius 2 is 1.48 bits per heavy atom. The highest BCUT2D eigenvalue weighted by Crippen LogP contribution is 2.31. The van der Waals surface area contributed by atoms with Gasteiger partial charge in [0.1, 0.15) is 5.56 Å². The van der Waals surface area contributed by atoms with E-state index in [0.29, 0.717) is 17.6 Å². The van der Waals surface area contributed by atoms with E-state index in [1.54, 1.807) is 12.3 Å². The maximum absolute atomic E-state index is 13.1. The molecule has 0 unspecified atom stereocenters. The van der Waals surface area contributed by atoms with Crippen LogP contribution in [-0.4, -0.2) is 15.0 Å². The summed E-state index contributed by atoms with van der Waals surface area (Å²) < 4.78 is 4.20. The minimum atomic E-state index is -0.392. The minimum Gasteiger partial charge on any atom is -0.347 e. The Morgan fingerprint density at radius 3 is 2.23 bits per heavy atom. The van der Waals surface area contributed by atoms with Gasteiger partial charge in [0.2, 0.25) is 5.43 Å². The summed E-state index contributed by atoms with van der Waals surface area (Å²) in [6.07, 6.45) is 1.65. The number of pyridine rings is 1. The van der Waals surface area contributed by atoms with Crippen LogP contribution in [-0.2, 0) is 13.1 Å². The number of hydrogen-bond donors (Lipinski definition) is 1. The van der Waals surface area contributed by atoms with Gasteiger partial charge in [0, 0.05) is 52.2 Å². The highest BCUT2D eigenvalue weighted by Gasteiger charge is 2.16. The van der Waals surface area contributed by atoms with E-state index in [1.807, 2.05) is 60.0 Å². The Morgan fingerprint density at radius 1 is 0.806 bits per heavy atom. The molecule has 1 amide bonds. The van der Waals surface area contributed by atoms with Crippen LogP contribution in [0.3, 0.4) is 0 Å². The van der Waals surface area contributed by atoms with Gasteiger partial charge in [-0.25, -0.2) is 0 Å². The van der Waals surface area contributed by atoms with E-state index in [0.717, 1.165) is 28.4 Å². The Labute approximate surface area is 179 Å². The molecule has 31 heavy (non-hydrogen) atoms. The first-order valence-corrected chi connectivity index (χ1v) is 10.6. The smallest absolute Gasteiger partial charge is 0.261 e. The minimum absolute atomic E-state index is 0.150. The highest BCUT2D eigenvalue weighted by atomic mass is 16.2. The van der Waals surface area contributed by atoms with Crippen molar-refractivity contribution in [2.45, 2.75) is 26.9 Å². The molecule has 0 aliphatic carbocycles. The molecule has 0 radical (unpaired) electrons. The number of nitrogens with zero attached hydrogens (tertiary/aromatic N) is 2. The van der Waals surface area contributed by atoms with Gasteiger partial charge in [-0.05, 0) is 50.2 Å². The summed E-state index contributed by atoms with van der Waals surface area (Å²) >= 11 is 0. The lowest BCUT2D eigenvalue weighted by Gasteiger charge is -2.12. The van der Waals surface area contributed by atoms with E-state index in [-0.39, 0.29) is 11.0 Å². The van der Waals surface area contributed by atoms with E-state index in [1.165, 1.54) is 5.52 Å². The highest BCUT2D eigenvalue weighted by molar-refractivity contribution is 6.11. The fourth-order valence-corrected chi connectivity index (χ4v) is 4.44. The van der Waals surface area contributed by atoms with Crippen LogP contribution in [0.1, 0.15) is 24.2 Å². The molecule has 3 aromatic carbocycles. The Hall–Kier alpha value is -3.86. The molecule has 0 spiro atoms. The monoisotopic (exact) mass is 409 g/mol. The summed E-state index contributed by atoms with van der Waals surface area (Å²) in [6, 6.07) is 21.6. The number of hydrogen-bond acceptors (Lipinski definition) is 2. The van der Waals surface area contributed by atoms with Gasteiger partial charge in [0.15, 0.2) is 0 Å². The number of amides is 1. The zero-order chi connectivity index (χ0) is 21.5. The molecule has 0 saturated heterocycles. The second kappa shape index (κ2) is 7.43. The number of carbonyl (C=O) groups excluding carboxylic acids is 1. The van der Waals surface area contributed by atoms with E-state index in [9.17, 15) is 9.59 Å². The zero-order valence-electron chi connectivity index (χ0n) is 17.6. The summed E-state index contributed by atoms with van der Waals surface area (Å²) in [4.78, 5) is 26.1. The molecule has 5 rings (SSSR count).